The molecule has 0 bridgehead atoms. The van der Waals surface area contributed by atoms with Gasteiger partial charge in [-0.2, -0.15) is 0 Å². The van der Waals surface area contributed by atoms with E-state index in [9.17, 15) is 20.1 Å². The Morgan fingerprint density at radius 3 is 2.40 bits per heavy atom. The van der Waals surface area contributed by atoms with Gasteiger partial charge in [0.25, 0.3) is 5.91 Å². The number of carbonyl (C=O) groups is 1. The standard InChI is InChI=1S/C15H21NO4/c1-10-5-7-15(20,8-6-10)9-16-14(19)13-11(17)3-2-4-12(13)18/h2-4,10,17-18,20H,5-9H2,1H3,(H,16,19). The number of nitrogens with one attached hydrogen (secondary N) is 1. The van der Waals surface area contributed by atoms with Gasteiger partial charge in [-0.15, -0.1) is 0 Å². The molecular formula is C15H21NO4. The largest absolute Gasteiger partial charge is 0.507 e. The van der Waals surface area contributed by atoms with Crippen LogP contribution in [0.3, 0.4) is 0 Å². The molecular weight excluding hydrogens is 258 g/mol. The van der Waals surface area contributed by atoms with E-state index in [1.807, 2.05) is 0 Å². The van der Waals surface area contributed by atoms with E-state index < -0.39 is 11.5 Å². The second kappa shape index (κ2) is 5.71. The van der Waals surface area contributed by atoms with Crippen molar-refractivity contribution in [1.82, 2.24) is 5.32 Å². The molecule has 1 aromatic rings. The Bertz CT molecular complexity index is 472. The highest BCUT2D eigenvalue weighted by Gasteiger charge is 2.32. The monoisotopic (exact) mass is 279 g/mol. The number of phenolic OH excluding ortho intramolecular Hbond substituents is 2. The third-order valence-corrected chi connectivity index (χ3v) is 4.03. The molecule has 0 aliphatic heterocycles. The zero-order chi connectivity index (χ0) is 14.8. The fraction of sp³-hybridized carbons (Fsp3) is 0.533. The average Bonchev–Trinajstić information content (AvgIpc) is 2.40. The van der Waals surface area contributed by atoms with Crippen molar-refractivity contribution in [1.29, 1.82) is 0 Å². The van der Waals surface area contributed by atoms with E-state index in [0.29, 0.717) is 18.8 Å². The van der Waals surface area contributed by atoms with E-state index in [4.69, 9.17) is 0 Å². The first-order valence-corrected chi connectivity index (χ1v) is 6.93. The summed E-state index contributed by atoms with van der Waals surface area (Å²) in [4.78, 5) is 12.0. The van der Waals surface area contributed by atoms with Gasteiger partial charge in [0.15, 0.2) is 0 Å². The van der Waals surface area contributed by atoms with Gasteiger partial charge in [0.1, 0.15) is 17.1 Å². The van der Waals surface area contributed by atoms with Crippen molar-refractivity contribution in [2.24, 2.45) is 5.92 Å². The Labute approximate surface area is 118 Å². The van der Waals surface area contributed by atoms with E-state index in [2.05, 4.69) is 12.2 Å². The van der Waals surface area contributed by atoms with Crippen molar-refractivity contribution >= 4 is 5.91 Å². The molecule has 1 aromatic carbocycles. The molecule has 110 valence electrons. The van der Waals surface area contributed by atoms with Gasteiger partial charge in [0.2, 0.25) is 0 Å². The van der Waals surface area contributed by atoms with Crippen molar-refractivity contribution in [3.8, 4) is 11.5 Å². The van der Waals surface area contributed by atoms with Crippen LogP contribution in [0, 0.1) is 5.92 Å². The first-order valence-electron chi connectivity index (χ1n) is 6.93. The molecule has 0 unspecified atom stereocenters. The molecule has 20 heavy (non-hydrogen) atoms. The lowest BCUT2D eigenvalue weighted by Gasteiger charge is -2.34. The summed E-state index contributed by atoms with van der Waals surface area (Å²) in [6.45, 7) is 2.28. The maximum atomic E-state index is 12.0. The predicted molar refractivity (Wildman–Crippen MR) is 74.7 cm³/mol. The summed E-state index contributed by atoms with van der Waals surface area (Å²) in [7, 11) is 0. The second-order valence-corrected chi connectivity index (χ2v) is 5.76. The van der Waals surface area contributed by atoms with Crippen molar-refractivity contribution in [2.75, 3.05) is 6.54 Å². The van der Waals surface area contributed by atoms with Crippen LogP contribution < -0.4 is 5.32 Å². The van der Waals surface area contributed by atoms with Gasteiger partial charge in [0.05, 0.1) is 5.60 Å². The minimum Gasteiger partial charge on any atom is -0.507 e. The van der Waals surface area contributed by atoms with Crippen LogP contribution in [0.25, 0.3) is 0 Å². The van der Waals surface area contributed by atoms with Crippen LogP contribution in [0.4, 0.5) is 0 Å². The molecule has 0 aromatic heterocycles. The van der Waals surface area contributed by atoms with Gasteiger partial charge in [-0.05, 0) is 43.7 Å². The van der Waals surface area contributed by atoms with E-state index in [1.165, 1.54) is 18.2 Å². The maximum Gasteiger partial charge on any atom is 0.258 e. The summed E-state index contributed by atoms with van der Waals surface area (Å²) in [5.74, 6) is -0.514. The quantitative estimate of drug-likeness (QED) is 0.679. The van der Waals surface area contributed by atoms with Crippen LogP contribution in [-0.4, -0.2) is 33.4 Å². The van der Waals surface area contributed by atoms with Gasteiger partial charge < -0.3 is 20.6 Å². The fourth-order valence-corrected chi connectivity index (χ4v) is 2.57. The Kier molecular flexibility index (Phi) is 4.18. The number of aromatic hydroxyl groups is 2. The van der Waals surface area contributed by atoms with Crippen LogP contribution in [0.15, 0.2) is 18.2 Å². The number of hydrogen-bond donors (Lipinski definition) is 4. The fourth-order valence-electron chi connectivity index (χ4n) is 2.57. The van der Waals surface area contributed by atoms with E-state index in [-0.39, 0.29) is 23.6 Å². The maximum absolute atomic E-state index is 12.0. The predicted octanol–water partition coefficient (Wildman–Crippen LogP) is 1.77. The van der Waals surface area contributed by atoms with E-state index >= 15 is 0 Å². The summed E-state index contributed by atoms with van der Waals surface area (Å²) in [5, 5.41) is 32.2. The smallest absolute Gasteiger partial charge is 0.258 e. The van der Waals surface area contributed by atoms with Crippen LogP contribution in [0.2, 0.25) is 0 Å². The summed E-state index contributed by atoms with van der Waals surface area (Å²) >= 11 is 0. The number of carbonyl (C=O) groups excluding carboxylic acids is 1. The third-order valence-electron chi connectivity index (χ3n) is 4.03. The molecule has 5 heteroatoms. The number of phenols is 2. The Hall–Kier alpha value is -1.75. The van der Waals surface area contributed by atoms with Crippen molar-refractivity contribution in [3.05, 3.63) is 23.8 Å². The van der Waals surface area contributed by atoms with Crippen LogP contribution in [-0.2, 0) is 0 Å². The average molecular weight is 279 g/mol. The highest BCUT2D eigenvalue weighted by Crippen LogP contribution is 2.32. The lowest BCUT2D eigenvalue weighted by molar-refractivity contribution is -0.00544. The molecule has 0 spiro atoms. The summed E-state index contributed by atoms with van der Waals surface area (Å²) in [6, 6.07) is 4.13. The molecule has 1 amide bonds. The summed E-state index contributed by atoms with van der Waals surface area (Å²) in [5.41, 5.74) is -1.04. The topological polar surface area (TPSA) is 89.8 Å². The second-order valence-electron chi connectivity index (χ2n) is 5.76. The number of rotatable bonds is 3. The third kappa shape index (κ3) is 3.22. The zero-order valence-electron chi connectivity index (χ0n) is 11.6. The summed E-state index contributed by atoms with van der Waals surface area (Å²) < 4.78 is 0. The molecule has 1 saturated carbocycles. The first kappa shape index (κ1) is 14.7. The highest BCUT2D eigenvalue weighted by molar-refractivity contribution is 5.99. The number of benzene rings is 1. The molecule has 4 N–H and O–H groups in total. The molecule has 0 saturated heterocycles. The van der Waals surface area contributed by atoms with E-state index in [0.717, 1.165) is 12.8 Å². The van der Waals surface area contributed by atoms with Crippen LogP contribution in [0.1, 0.15) is 43.0 Å². The lowest BCUT2D eigenvalue weighted by Crippen LogP contribution is -2.45. The Balaban J connectivity index is 1.99. The SMILES string of the molecule is CC1CCC(O)(CNC(=O)c2c(O)cccc2O)CC1. The zero-order valence-corrected chi connectivity index (χ0v) is 11.6. The Morgan fingerprint density at radius 2 is 1.85 bits per heavy atom. The molecule has 0 radical (unpaired) electrons. The molecule has 0 heterocycles. The molecule has 0 atom stereocenters. The number of hydrogen-bond acceptors (Lipinski definition) is 4. The molecule has 5 nitrogen and oxygen atoms in total. The minimum absolute atomic E-state index is 0.131. The van der Waals surface area contributed by atoms with Crippen molar-refractivity contribution < 1.29 is 20.1 Å². The van der Waals surface area contributed by atoms with Crippen LogP contribution in [0.5, 0.6) is 11.5 Å². The van der Waals surface area contributed by atoms with Gasteiger partial charge in [-0.3, -0.25) is 4.79 Å². The minimum atomic E-state index is -0.887. The number of amides is 1. The highest BCUT2D eigenvalue weighted by atomic mass is 16.3. The van der Waals surface area contributed by atoms with Gasteiger partial charge in [-0.1, -0.05) is 13.0 Å². The number of aliphatic hydroxyl groups is 1. The van der Waals surface area contributed by atoms with E-state index in [1.54, 1.807) is 0 Å². The van der Waals surface area contributed by atoms with Crippen molar-refractivity contribution in [2.45, 2.75) is 38.2 Å². The Morgan fingerprint density at radius 1 is 1.30 bits per heavy atom. The normalized spacial score (nSPS) is 26.2. The molecule has 1 aliphatic rings. The first-order chi connectivity index (χ1) is 9.41. The van der Waals surface area contributed by atoms with Gasteiger partial charge in [0, 0.05) is 6.54 Å². The molecule has 1 fully saturated rings. The molecule has 2 rings (SSSR count). The molecule has 1 aliphatic carbocycles. The van der Waals surface area contributed by atoms with Crippen molar-refractivity contribution in [3.63, 3.8) is 0 Å². The summed E-state index contributed by atoms with van der Waals surface area (Å²) in [6.07, 6.45) is 3.19. The lowest BCUT2D eigenvalue weighted by atomic mass is 9.79. The van der Waals surface area contributed by atoms with Gasteiger partial charge >= 0.3 is 0 Å². The van der Waals surface area contributed by atoms with Gasteiger partial charge in [-0.25, -0.2) is 0 Å². The van der Waals surface area contributed by atoms with Crippen LogP contribution >= 0.6 is 0 Å².